The third-order valence-corrected chi connectivity index (χ3v) is 10.3. The SMILES string of the molecule is COCCCN(CC(=O)N1CCc2sccc2C1c1ccccc1)C(=O)C12CC3CC(CC(C3)C1)C2. The number of methoxy groups -OCH3 is 1. The lowest BCUT2D eigenvalue weighted by molar-refractivity contribution is -0.160. The molecule has 2 amide bonds. The summed E-state index contributed by atoms with van der Waals surface area (Å²) in [5.74, 6) is 2.43. The fourth-order valence-corrected chi connectivity index (χ4v) is 9.10. The zero-order valence-electron chi connectivity index (χ0n) is 21.4. The Labute approximate surface area is 218 Å². The average molecular weight is 507 g/mol. The van der Waals surface area contributed by atoms with Crippen molar-refractivity contribution in [3.63, 3.8) is 0 Å². The number of fused-ring (bicyclic) bond motifs is 1. The van der Waals surface area contributed by atoms with Gasteiger partial charge >= 0.3 is 0 Å². The standard InChI is InChI=1S/C30H38N2O3S/c1-35-12-5-10-31(29(34)30-17-21-14-22(18-30)16-23(15-21)19-30)20-27(33)32-11-8-26-25(9-13-36-26)28(32)24-6-3-2-4-7-24/h2-4,6-7,9,13,21-23,28H,5,8,10-12,14-20H2,1H3. The molecule has 4 aliphatic carbocycles. The lowest BCUT2D eigenvalue weighted by Gasteiger charge is -2.56. The van der Waals surface area contributed by atoms with Gasteiger partial charge in [0.25, 0.3) is 0 Å². The highest BCUT2D eigenvalue weighted by molar-refractivity contribution is 7.10. The Morgan fingerprint density at radius 2 is 1.75 bits per heavy atom. The van der Waals surface area contributed by atoms with E-state index in [0.29, 0.717) is 37.5 Å². The van der Waals surface area contributed by atoms with E-state index in [9.17, 15) is 9.59 Å². The molecule has 4 bridgehead atoms. The molecule has 36 heavy (non-hydrogen) atoms. The molecule has 1 aliphatic heterocycles. The van der Waals surface area contributed by atoms with Gasteiger partial charge in [-0.15, -0.1) is 11.3 Å². The van der Waals surface area contributed by atoms with E-state index in [-0.39, 0.29) is 29.8 Å². The maximum absolute atomic E-state index is 14.2. The highest BCUT2D eigenvalue weighted by Crippen LogP contribution is 2.60. The molecule has 1 atom stereocenters. The Hall–Kier alpha value is -2.18. The first-order chi connectivity index (χ1) is 17.6. The van der Waals surface area contributed by atoms with E-state index in [0.717, 1.165) is 37.7 Å². The zero-order valence-corrected chi connectivity index (χ0v) is 22.2. The van der Waals surface area contributed by atoms with Gasteiger partial charge in [0, 0.05) is 31.7 Å². The number of carbonyl (C=O) groups excluding carboxylic acids is 2. The largest absolute Gasteiger partial charge is 0.385 e. The highest BCUT2D eigenvalue weighted by atomic mass is 32.1. The van der Waals surface area contributed by atoms with Crippen LogP contribution in [-0.2, 0) is 20.7 Å². The van der Waals surface area contributed by atoms with E-state index >= 15 is 0 Å². The van der Waals surface area contributed by atoms with Gasteiger partial charge in [0.2, 0.25) is 11.8 Å². The van der Waals surface area contributed by atoms with Gasteiger partial charge in [-0.2, -0.15) is 0 Å². The quantitative estimate of drug-likeness (QED) is 0.456. The summed E-state index contributed by atoms with van der Waals surface area (Å²) in [6, 6.07) is 12.5. The summed E-state index contributed by atoms with van der Waals surface area (Å²) < 4.78 is 5.32. The Bertz CT molecular complexity index is 1060. The minimum atomic E-state index is -0.233. The predicted octanol–water partition coefficient (Wildman–Crippen LogP) is 5.30. The van der Waals surface area contributed by atoms with Crippen LogP contribution in [0.3, 0.4) is 0 Å². The first-order valence-corrected chi connectivity index (χ1v) is 14.6. The lowest BCUT2D eigenvalue weighted by atomic mass is 9.49. The van der Waals surface area contributed by atoms with Crippen LogP contribution in [0.25, 0.3) is 0 Å². The van der Waals surface area contributed by atoms with E-state index in [2.05, 4.69) is 23.6 Å². The van der Waals surface area contributed by atoms with Crippen LogP contribution < -0.4 is 0 Å². The smallest absolute Gasteiger partial charge is 0.242 e. The average Bonchev–Trinajstić information content (AvgIpc) is 3.36. The Balaban J connectivity index is 1.25. The summed E-state index contributed by atoms with van der Waals surface area (Å²) in [6.07, 6.45) is 8.66. The van der Waals surface area contributed by atoms with Gasteiger partial charge in [-0.3, -0.25) is 9.59 Å². The molecule has 6 heteroatoms. The maximum atomic E-state index is 14.2. The number of nitrogens with zero attached hydrogens (tertiary/aromatic N) is 2. The molecule has 0 saturated heterocycles. The summed E-state index contributed by atoms with van der Waals surface area (Å²) >= 11 is 1.79. The van der Waals surface area contributed by atoms with Crippen LogP contribution in [0.15, 0.2) is 41.8 Å². The Kier molecular flexibility index (Phi) is 6.67. The second-order valence-corrected chi connectivity index (χ2v) is 12.7. The first kappa shape index (κ1) is 24.2. The van der Waals surface area contributed by atoms with Crippen LogP contribution in [0, 0.1) is 23.2 Å². The minimum absolute atomic E-state index is 0.0659. The molecule has 0 N–H and O–H groups in total. The fourth-order valence-electron chi connectivity index (χ4n) is 8.19. The maximum Gasteiger partial charge on any atom is 0.242 e. The van der Waals surface area contributed by atoms with Crippen LogP contribution in [0.5, 0.6) is 0 Å². The number of thiophene rings is 1. The number of amides is 2. The first-order valence-electron chi connectivity index (χ1n) is 13.8. The molecule has 1 aromatic carbocycles. The van der Waals surface area contributed by atoms with Crippen molar-refractivity contribution in [2.24, 2.45) is 23.2 Å². The summed E-state index contributed by atoms with van der Waals surface area (Å²) in [5, 5.41) is 2.14. The van der Waals surface area contributed by atoms with Gasteiger partial charge in [0.15, 0.2) is 0 Å². The second-order valence-electron chi connectivity index (χ2n) is 11.7. The van der Waals surface area contributed by atoms with Gasteiger partial charge in [-0.1, -0.05) is 30.3 Å². The van der Waals surface area contributed by atoms with Gasteiger partial charge in [0.05, 0.1) is 18.0 Å². The van der Waals surface area contributed by atoms with Crippen molar-refractivity contribution in [2.75, 3.05) is 33.4 Å². The number of carbonyl (C=O) groups is 2. The van der Waals surface area contributed by atoms with E-state index in [1.54, 1.807) is 18.4 Å². The molecule has 1 unspecified atom stereocenters. The monoisotopic (exact) mass is 506 g/mol. The Morgan fingerprint density at radius 1 is 1.06 bits per heavy atom. The molecule has 4 saturated carbocycles. The van der Waals surface area contributed by atoms with Crippen molar-refractivity contribution in [1.29, 1.82) is 0 Å². The molecule has 7 rings (SSSR count). The van der Waals surface area contributed by atoms with Crippen LogP contribution in [0.1, 0.15) is 67.0 Å². The summed E-state index contributed by atoms with van der Waals surface area (Å²) in [6.45, 7) is 2.07. The van der Waals surface area contributed by atoms with Crippen LogP contribution in [-0.4, -0.2) is 55.0 Å². The van der Waals surface area contributed by atoms with Crippen LogP contribution in [0.2, 0.25) is 0 Å². The normalized spacial score (nSPS) is 30.3. The van der Waals surface area contributed by atoms with Crippen LogP contribution >= 0.6 is 11.3 Å². The molecule has 192 valence electrons. The third-order valence-electron chi connectivity index (χ3n) is 9.28. The number of rotatable bonds is 8. The van der Waals surface area contributed by atoms with Crippen molar-refractivity contribution in [3.05, 3.63) is 57.8 Å². The highest BCUT2D eigenvalue weighted by Gasteiger charge is 2.55. The molecule has 2 aromatic rings. The third kappa shape index (κ3) is 4.41. The molecule has 5 nitrogen and oxygen atoms in total. The fraction of sp³-hybridized carbons (Fsp3) is 0.600. The van der Waals surface area contributed by atoms with Gasteiger partial charge in [-0.05, 0) is 91.7 Å². The number of hydrogen-bond acceptors (Lipinski definition) is 4. The molecular weight excluding hydrogens is 468 g/mol. The number of benzene rings is 1. The second kappa shape index (κ2) is 9.94. The predicted molar refractivity (Wildman–Crippen MR) is 142 cm³/mol. The molecule has 0 spiro atoms. The van der Waals surface area contributed by atoms with E-state index < -0.39 is 0 Å². The van der Waals surface area contributed by atoms with Gasteiger partial charge < -0.3 is 14.5 Å². The van der Waals surface area contributed by atoms with E-state index in [1.807, 2.05) is 28.0 Å². The molecular formula is C30H38N2O3S. The van der Waals surface area contributed by atoms with Crippen molar-refractivity contribution in [2.45, 2.75) is 57.4 Å². The summed E-state index contributed by atoms with van der Waals surface area (Å²) in [4.78, 5) is 33.5. The summed E-state index contributed by atoms with van der Waals surface area (Å²) in [5.41, 5.74) is 2.15. The molecule has 0 radical (unpaired) electrons. The molecule has 2 heterocycles. The molecule has 1 aromatic heterocycles. The molecule has 5 aliphatic rings. The summed E-state index contributed by atoms with van der Waals surface area (Å²) in [7, 11) is 1.70. The number of hydrogen-bond donors (Lipinski definition) is 0. The van der Waals surface area contributed by atoms with E-state index in [4.69, 9.17) is 4.74 Å². The van der Waals surface area contributed by atoms with Crippen molar-refractivity contribution >= 4 is 23.2 Å². The molecule has 4 fully saturated rings. The van der Waals surface area contributed by atoms with Crippen molar-refractivity contribution in [3.8, 4) is 0 Å². The minimum Gasteiger partial charge on any atom is -0.385 e. The van der Waals surface area contributed by atoms with Gasteiger partial charge in [-0.25, -0.2) is 0 Å². The zero-order chi connectivity index (χ0) is 24.7. The Morgan fingerprint density at radius 3 is 2.42 bits per heavy atom. The van der Waals surface area contributed by atoms with E-state index in [1.165, 1.54) is 29.7 Å². The van der Waals surface area contributed by atoms with Crippen LogP contribution in [0.4, 0.5) is 0 Å². The van der Waals surface area contributed by atoms with Crippen molar-refractivity contribution < 1.29 is 14.3 Å². The van der Waals surface area contributed by atoms with Crippen molar-refractivity contribution in [1.82, 2.24) is 9.80 Å². The van der Waals surface area contributed by atoms with Gasteiger partial charge in [0.1, 0.15) is 0 Å². The number of ether oxygens (including phenoxy) is 1. The lowest BCUT2D eigenvalue weighted by Crippen LogP contribution is -2.56. The topological polar surface area (TPSA) is 49.9 Å².